The molecule has 1 heterocycles. The van der Waals surface area contributed by atoms with Crippen LogP contribution in [0.25, 0.3) is 10.9 Å². The minimum atomic E-state index is -0.633. The fraction of sp³-hybridized carbons (Fsp3) is 0.118. The number of fused-ring (bicyclic) bond motifs is 1. The Morgan fingerprint density at radius 3 is 2.76 bits per heavy atom. The molecule has 128 valence electrons. The zero-order chi connectivity index (χ0) is 18.1. The second kappa shape index (κ2) is 6.78. The summed E-state index contributed by atoms with van der Waals surface area (Å²) in [6.45, 7) is 2.27. The topological polar surface area (TPSA) is 66.9 Å². The Hall–Kier alpha value is -2.51. The van der Waals surface area contributed by atoms with Crippen molar-refractivity contribution >= 4 is 46.3 Å². The van der Waals surface area contributed by atoms with Crippen molar-refractivity contribution in [1.82, 2.24) is 9.55 Å². The van der Waals surface area contributed by atoms with E-state index in [-0.39, 0.29) is 26.6 Å². The van der Waals surface area contributed by atoms with Crippen molar-refractivity contribution in [3.8, 4) is 0 Å². The lowest BCUT2D eigenvalue weighted by molar-refractivity contribution is 0.102. The fourth-order valence-corrected chi connectivity index (χ4v) is 2.95. The minimum absolute atomic E-state index is 0.0174. The molecule has 0 radical (unpaired) electrons. The number of rotatable bonds is 3. The van der Waals surface area contributed by atoms with Gasteiger partial charge in [-0.3, -0.25) is 14.2 Å². The SMILES string of the molecule is CCn1c(=S)[nH]c2cc(C(=O)Nc3ccc(Cl)cc3F)ccc2c1=O. The lowest BCUT2D eigenvalue weighted by Crippen LogP contribution is -2.21. The summed E-state index contributed by atoms with van der Waals surface area (Å²) >= 11 is 10.8. The first-order valence-electron chi connectivity index (χ1n) is 7.44. The zero-order valence-electron chi connectivity index (χ0n) is 13.1. The average molecular weight is 378 g/mol. The van der Waals surface area contributed by atoms with Gasteiger partial charge in [0.1, 0.15) is 5.82 Å². The van der Waals surface area contributed by atoms with E-state index in [1.54, 1.807) is 6.07 Å². The smallest absolute Gasteiger partial charge is 0.262 e. The van der Waals surface area contributed by atoms with Crippen LogP contribution in [0.15, 0.2) is 41.2 Å². The molecular weight excluding hydrogens is 365 g/mol. The van der Waals surface area contributed by atoms with Crippen LogP contribution < -0.4 is 10.9 Å². The maximum absolute atomic E-state index is 13.8. The van der Waals surface area contributed by atoms with Gasteiger partial charge in [-0.05, 0) is 55.5 Å². The molecule has 2 aromatic carbocycles. The van der Waals surface area contributed by atoms with E-state index >= 15 is 0 Å². The second-order valence-corrected chi connectivity index (χ2v) is 6.14. The normalized spacial score (nSPS) is 10.8. The fourth-order valence-electron chi connectivity index (χ4n) is 2.47. The molecule has 0 saturated carbocycles. The standard InChI is InChI=1S/C17H13ClFN3O2S/c1-2-22-16(24)11-5-3-9(7-14(11)21-17(22)25)15(23)20-13-6-4-10(18)8-12(13)19/h3-8H,2H2,1H3,(H,20,23)(H,21,25). The minimum Gasteiger partial charge on any atom is -0.332 e. The molecule has 1 amide bonds. The first-order chi connectivity index (χ1) is 11.9. The van der Waals surface area contributed by atoms with Gasteiger partial charge in [-0.2, -0.15) is 0 Å². The van der Waals surface area contributed by atoms with Gasteiger partial charge in [0.05, 0.1) is 16.6 Å². The third kappa shape index (κ3) is 3.33. The van der Waals surface area contributed by atoms with E-state index in [0.717, 1.165) is 6.07 Å². The summed E-state index contributed by atoms with van der Waals surface area (Å²) in [5.41, 5.74) is 0.505. The quantitative estimate of drug-likeness (QED) is 0.674. The van der Waals surface area contributed by atoms with Gasteiger partial charge in [-0.25, -0.2) is 4.39 Å². The molecule has 0 fully saturated rings. The lowest BCUT2D eigenvalue weighted by atomic mass is 10.1. The zero-order valence-corrected chi connectivity index (χ0v) is 14.7. The molecule has 3 aromatic rings. The van der Waals surface area contributed by atoms with Crippen LogP contribution in [0.3, 0.4) is 0 Å². The molecule has 0 aliphatic rings. The monoisotopic (exact) mass is 377 g/mol. The summed E-state index contributed by atoms with van der Waals surface area (Å²) in [5, 5.41) is 3.13. The number of anilines is 1. The van der Waals surface area contributed by atoms with Gasteiger partial charge in [0.2, 0.25) is 0 Å². The Bertz CT molecular complexity index is 1110. The number of benzene rings is 2. The van der Waals surface area contributed by atoms with E-state index in [4.69, 9.17) is 23.8 Å². The number of halogens is 2. The Morgan fingerprint density at radius 1 is 1.32 bits per heavy atom. The number of hydrogen-bond acceptors (Lipinski definition) is 3. The Balaban J connectivity index is 2.00. The van der Waals surface area contributed by atoms with E-state index in [1.807, 2.05) is 6.92 Å². The number of nitrogens with zero attached hydrogens (tertiary/aromatic N) is 1. The van der Waals surface area contributed by atoms with Crippen LogP contribution in [0.5, 0.6) is 0 Å². The van der Waals surface area contributed by atoms with Crippen molar-refractivity contribution in [2.75, 3.05) is 5.32 Å². The summed E-state index contributed by atoms with van der Waals surface area (Å²) in [4.78, 5) is 27.6. The number of carbonyl (C=O) groups is 1. The van der Waals surface area contributed by atoms with Crippen molar-refractivity contribution in [1.29, 1.82) is 0 Å². The maximum Gasteiger partial charge on any atom is 0.262 e. The van der Waals surface area contributed by atoms with Crippen molar-refractivity contribution in [2.45, 2.75) is 13.5 Å². The summed E-state index contributed by atoms with van der Waals surface area (Å²) in [5.74, 6) is -1.14. The molecule has 0 unspecified atom stereocenters. The van der Waals surface area contributed by atoms with Crippen LogP contribution in [-0.2, 0) is 6.54 Å². The van der Waals surface area contributed by atoms with Crippen LogP contribution in [0.2, 0.25) is 5.02 Å². The molecule has 0 aliphatic carbocycles. The second-order valence-electron chi connectivity index (χ2n) is 5.32. The van der Waals surface area contributed by atoms with E-state index in [0.29, 0.717) is 17.4 Å². The summed E-state index contributed by atoms with van der Waals surface area (Å²) < 4.78 is 15.5. The highest BCUT2D eigenvalue weighted by Crippen LogP contribution is 2.20. The van der Waals surface area contributed by atoms with Gasteiger partial charge in [0.15, 0.2) is 4.77 Å². The molecule has 8 heteroatoms. The van der Waals surface area contributed by atoms with Crippen LogP contribution in [0, 0.1) is 10.6 Å². The van der Waals surface area contributed by atoms with E-state index in [1.165, 1.54) is 28.8 Å². The largest absolute Gasteiger partial charge is 0.332 e. The summed E-state index contributed by atoms with van der Waals surface area (Å²) in [6.07, 6.45) is 0. The molecule has 0 saturated heterocycles. The molecule has 0 spiro atoms. The molecule has 5 nitrogen and oxygen atoms in total. The number of carbonyl (C=O) groups excluding carboxylic acids is 1. The highest BCUT2D eigenvalue weighted by molar-refractivity contribution is 7.71. The molecule has 25 heavy (non-hydrogen) atoms. The third-order valence-electron chi connectivity index (χ3n) is 3.74. The van der Waals surface area contributed by atoms with Crippen LogP contribution >= 0.6 is 23.8 Å². The predicted octanol–water partition coefficient (Wildman–Crippen LogP) is 4.12. The van der Waals surface area contributed by atoms with Gasteiger partial charge in [-0.15, -0.1) is 0 Å². The van der Waals surface area contributed by atoms with E-state index < -0.39 is 11.7 Å². The van der Waals surface area contributed by atoms with Gasteiger partial charge in [0.25, 0.3) is 11.5 Å². The molecular formula is C17H13ClFN3O2S. The molecule has 0 aliphatic heterocycles. The van der Waals surface area contributed by atoms with Crippen molar-refractivity contribution in [3.05, 3.63) is 67.9 Å². The molecule has 3 rings (SSSR count). The van der Waals surface area contributed by atoms with E-state index in [9.17, 15) is 14.0 Å². The summed E-state index contributed by atoms with van der Waals surface area (Å²) in [6, 6.07) is 8.53. The lowest BCUT2D eigenvalue weighted by Gasteiger charge is -2.09. The first-order valence-corrected chi connectivity index (χ1v) is 8.22. The number of hydrogen-bond donors (Lipinski definition) is 2. The van der Waals surface area contributed by atoms with Crippen molar-refractivity contribution in [3.63, 3.8) is 0 Å². The molecule has 1 aromatic heterocycles. The highest BCUT2D eigenvalue weighted by atomic mass is 35.5. The predicted molar refractivity (Wildman–Crippen MR) is 98.4 cm³/mol. The molecule has 2 N–H and O–H groups in total. The first kappa shape index (κ1) is 17.3. The van der Waals surface area contributed by atoms with Crippen LogP contribution in [-0.4, -0.2) is 15.5 Å². The van der Waals surface area contributed by atoms with Gasteiger partial charge < -0.3 is 10.3 Å². The number of amides is 1. The average Bonchev–Trinajstić information content (AvgIpc) is 2.57. The maximum atomic E-state index is 13.8. The number of nitrogens with one attached hydrogen (secondary N) is 2. The third-order valence-corrected chi connectivity index (χ3v) is 4.30. The van der Waals surface area contributed by atoms with Crippen LogP contribution in [0.4, 0.5) is 10.1 Å². The Kier molecular flexibility index (Phi) is 4.69. The van der Waals surface area contributed by atoms with E-state index in [2.05, 4.69) is 10.3 Å². The van der Waals surface area contributed by atoms with Crippen molar-refractivity contribution in [2.24, 2.45) is 0 Å². The van der Waals surface area contributed by atoms with Crippen LogP contribution in [0.1, 0.15) is 17.3 Å². The number of aromatic amines is 1. The Labute approximate surface area is 152 Å². The van der Waals surface area contributed by atoms with Gasteiger partial charge in [0, 0.05) is 17.1 Å². The number of aromatic nitrogens is 2. The molecule has 0 bridgehead atoms. The highest BCUT2D eigenvalue weighted by Gasteiger charge is 2.12. The van der Waals surface area contributed by atoms with Crippen molar-refractivity contribution < 1.29 is 9.18 Å². The molecule has 0 atom stereocenters. The Morgan fingerprint density at radius 2 is 2.08 bits per heavy atom. The number of H-pyrrole nitrogens is 1. The van der Waals surface area contributed by atoms with Gasteiger partial charge in [-0.1, -0.05) is 11.6 Å². The van der Waals surface area contributed by atoms with Gasteiger partial charge >= 0.3 is 0 Å². The summed E-state index contributed by atoms with van der Waals surface area (Å²) in [7, 11) is 0.